The lowest BCUT2D eigenvalue weighted by atomic mass is 10.0. The van der Waals surface area contributed by atoms with Crippen LogP contribution in [0.3, 0.4) is 0 Å². The zero-order chi connectivity index (χ0) is 12.3. The van der Waals surface area contributed by atoms with Crippen LogP contribution in [0.4, 0.5) is 11.4 Å². The molecule has 1 aliphatic carbocycles. The van der Waals surface area contributed by atoms with Crippen LogP contribution in [0.1, 0.15) is 24.8 Å². The molecule has 0 bridgehead atoms. The summed E-state index contributed by atoms with van der Waals surface area (Å²) in [7, 11) is 1.77. The Bertz CT molecular complexity index is 366. The van der Waals surface area contributed by atoms with Gasteiger partial charge in [-0.2, -0.15) is 0 Å². The molecule has 3 N–H and O–H groups in total. The Morgan fingerprint density at radius 3 is 2.76 bits per heavy atom. The molecule has 0 radical (unpaired) electrons. The van der Waals surface area contributed by atoms with Crippen LogP contribution < -0.4 is 11.1 Å². The van der Waals surface area contributed by atoms with Crippen LogP contribution in [0, 0.1) is 12.3 Å². The molecule has 0 saturated heterocycles. The standard InChI is InChI=1S/C14H22N2O/c1-11-4-3-5-12(15)13(11)16-10-14(6-7-14)8-9-17-2/h3-5,16H,6-10,15H2,1-2H3. The van der Waals surface area contributed by atoms with Gasteiger partial charge >= 0.3 is 0 Å². The average Bonchev–Trinajstić information content (AvgIpc) is 3.07. The van der Waals surface area contributed by atoms with Gasteiger partial charge in [0.2, 0.25) is 0 Å². The summed E-state index contributed by atoms with van der Waals surface area (Å²) < 4.78 is 5.16. The molecule has 1 aliphatic rings. The van der Waals surface area contributed by atoms with Crippen molar-refractivity contribution in [3.05, 3.63) is 23.8 Å². The summed E-state index contributed by atoms with van der Waals surface area (Å²) in [5.74, 6) is 0. The molecule has 0 atom stereocenters. The predicted molar refractivity (Wildman–Crippen MR) is 72.2 cm³/mol. The van der Waals surface area contributed by atoms with Crippen molar-refractivity contribution in [3.63, 3.8) is 0 Å². The van der Waals surface area contributed by atoms with Crippen LogP contribution in [-0.4, -0.2) is 20.3 Å². The number of ether oxygens (including phenoxy) is 1. The van der Waals surface area contributed by atoms with Crippen LogP contribution in [0.15, 0.2) is 18.2 Å². The van der Waals surface area contributed by atoms with E-state index in [-0.39, 0.29) is 0 Å². The van der Waals surface area contributed by atoms with Gasteiger partial charge in [0.25, 0.3) is 0 Å². The fourth-order valence-corrected chi connectivity index (χ4v) is 2.22. The number of para-hydroxylation sites is 1. The summed E-state index contributed by atoms with van der Waals surface area (Å²) in [6.45, 7) is 3.95. The normalized spacial score (nSPS) is 16.8. The Labute approximate surface area is 103 Å². The maximum absolute atomic E-state index is 5.98. The first-order valence-electron chi connectivity index (χ1n) is 6.25. The summed E-state index contributed by atoms with van der Waals surface area (Å²) in [5, 5.41) is 3.51. The first-order valence-corrected chi connectivity index (χ1v) is 6.25. The summed E-state index contributed by atoms with van der Waals surface area (Å²) >= 11 is 0. The Hall–Kier alpha value is -1.22. The molecular formula is C14H22N2O. The maximum atomic E-state index is 5.98. The van der Waals surface area contributed by atoms with E-state index >= 15 is 0 Å². The highest BCUT2D eigenvalue weighted by Gasteiger charge is 2.41. The van der Waals surface area contributed by atoms with E-state index < -0.39 is 0 Å². The molecule has 3 heteroatoms. The predicted octanol–water partition coefficient (Wildman–Crippen LogP) is 2.81. The molecule has 0 aromatic heterocycles. The van der Waals surface area contributed by atoms with Crippen molar-refractivity contribution in [1.29, 1.82) is 0 Å². The number of nitrogen functional groups attached to an aromatic ring is 1. The summed E-state index contributed by atoms with van der Waals surface area (Å²) in [6.07, 6.45) is 3.74. The summed E-state index contributed by atoms with van der Waals surface area (Å²) in [4.78, 5) is 0. The third-order valence-corrected chi connectivity index (χ3v) is 3.74. The summed E-state index contributed by atoms with van der Waals surface area (Å²) in [5.41, 5.74) is 9.58. The van der Waals surface area contributed by atoms with Gasteiger partial charge in [0.05, 0.1) is 11.4 Å². The molecule has 1 aromatic rings. The van der Waals surface area contributed by atoms with Gasteiger partial charge in [-0.15, -0.1) is 0 Å². The number of hydrogen-bond donors (Lipinski definition) is 2. The highest BCUT2D eigenvalue weighted by molar-refractivity contribution is 5.69. The second kappa shape index (κ2) is 4.96. The van der Waals surface area contributed by atoms with E-state index in [9.17, 15) is 0 Å². The molecule has 0 unspecified atom stereocenters. The second-order valence-electron chi connectivity index (χ2n) is 5.14. The third-order valence-electron chi connectivity index (χ3n) is 3.74. The number of nitrogens with two attached hydrogens (primary N) is 1. The molecule has 94 valence electrons. The number of aryl methyl sites for hydroxylation is 1. The molecule has 0 amide bonds. The fraction of sp³-hybridized carbons (Fsp3) is 0.571. The maximum Gasteiger partial charge on any atom is 0.0603 e. The van der Waals surface area contributed by atoms with Crippen LogP contribution in [0.25, 0.3) is 0 Å². The molecule has 3 nitrogen and oxygen atoms in total. The number of rotatable bonds is 6. The lowest BCUT2D eigenvalue weighted by Crippen LogP contribution is -2.18. The fourth-order valence-electron chi connectivity index (χ4n) is 2.22. The minimum Gasteiger partial charge on any atom is -0.397 e. The van der Waals surface area contributed by atoms with Crippen LogP contribution >= 0.6 is 0 Å². The van der Waals surface area contributed by atoms with E-state index in [1.165, 1.54) is 18.4 Å². The van der Waals surface area contributed by atoms with E-state index in [2.05, 4.69) is 18.3 Å². The highest BCUT2D eigenvalue weighted by atomic mass is 16.5. The molecule has 1 fully saturated rings. The number of anilines is 2. The second-order valence-corrected chi connectivity index (χ2v) is 5.14. The molecule has 0 aliphatic heterocycles. The van der Waals surface area contributed by atoms with Gasteiger partial charge in [0.15, 0.2) is 0 Å². The Morgan fingerprint density at radius 2 is 2.18 bits per heavy atom. The molecule has 1 saturated carbocycles. The lowest BCUT2D eigenvalue weighted by Gasteiger charge is -2.18. The Kier molecular flexibility index (Phi) is 3.57. The van der Waals surface area contributed by atoms with Crippen LogP contribution in [0.5, 0.6) is 0 Å². The van der Waals surface area contributed by atoms with Crippen molar-refractivity contribution in [3.8, 4) is 0 Å². The van der Waals surface area contributed by atoms with Crippen molar-refractivity contribution < 1.29 is 4.74 Å². The average molecular weight is 234 g/mol. The van der Waals surface area contributed by atoms with E-state index in [0.717, 1.165) is 30.9 Å². The first kappa shape index (κ1) is 12.2. The molecule has 0 spiro atoms. The third kappa shape index (κ3) is 2.91. The van der Waals surface area contributed by atoms with Gasteiger partial charge in [0.1, 0.15) is 0 Å². The Morgan fingerprint density at radius 1 is 1.41 bits per heavy atom. The molecule has 1 aromatic carbocycles. The largest absolute Gasteiger partial charge is 0.397 e. The summed E-state index contributed by atoms with van der Waals surface area (Å²) in [6, 6.07) is 6.03. The zero-order valence-corrected chi connectivity index (χ0v) is 10.8. The SMILES string of the molecule is COCCC1(CNc2c(C)cccc2N)CC1. The number of nitrogens with one attached hydrogen (secondary N) is 1. The van der Waals surface area contributed by atoms with Gasteiger partial charge < -0.3 is 15.8 Å². The van der Waals surface area contributed by atoms with Crippen molar-refractivity contribution in [1.82, 2.24) is 0 Å². The van der Waals surface area contributed by atoms with Crippen molar-refractivity contribution >= 4 is 11.4 Å². The van der Waals surface area contributed by atoms with Crippen LogP contribution in [0.2, 0.25) is 0 Å². The monoisotopic (exact) mass is 234 g/mol. The molecular weight excluding hydrogens is 212 g/mol. The van der Waals surface area contributed by atoms with Gasteiger partial charge in [0, 0.05) is 20.3 Å². The van der Waals surface area contributed by atoms with Crippen molar-refractivity contribution in [2.24, 2.45) is 5.41 Å². The quantitative estimate of drug-likeness (QED) is 0.744. The van der Waals surface area contributed by atoms with Gasteiger partial charge in [-0.1, -0.05) is 12.1 Å². The highest BCUT2D eigenvalue weighted by Crippen LogP contribution is 2.49. The molecule has 0 heterocycles. The number of methoxy groups -OCH3 is 1. The Balaban J connectivity index is 1.94. The van der Waals surface area contributed by atoms with E-state index in [4.69, 9.17) is 10.5 Å². The topological polar surface area (TPSA) is 47.3 Å². The first-order chi connectivity index (χ1) is 8.17. The van der Waals surface area contributed by atoms with Gasteiger partial charge in [-0.05, 0) is 43.2 Å². The van der Waals surface area contributed by atoms with Crippen molar-refractivity contribution in [2.45, 2.75) is 26.2 Å². The minimum absolute atomic E-state index is 0.449. The lowest BCUT2D eigenvalue weighted by molar-refractivity contribution is 0.175. The zero-order valence-electron chi connectivity index (χ0n) is 10.8. The van der Waals surface area contributed by atoms with E-state index in [1.807, 2.05) is 12.1 Å². The van der Waals surface area contributed by atoms with Crippen molar-refractivity contribution in [2.75, 3.05) is 31.3 Å². The van der Waals surface area contributed by atoms with E-state index in [1.54, 1.807) is 7.11 Å². The number of hydrogen-bond acceptors (Lipinski definition) is 3. The smallest absolute Gasteiger partial charge is 0.0603 e. The van der Waals surface area contributed by atoms with Gasteiger partial charge in [-0.3, -0.25) is 0 Å². The van der Waals surface area contributed by atoms with Gasteiger partial charge in [-0.25, -0.2) is 0 Å². The van der Waals surface area contributed by atoms with E-state index in [0.29, 0.717) is 5.41 Å². The number of benzene rings is 1. The molecule has 17 heavy (non-hydrogen) atoms. The molecule has 2 rings (SSSR count). The minimum atomic E-state index is 0.449. The van der Waals surface area contributed by atoms with Crippen LogP contribution in [-0.2, 0) is 4.74 Å².